The van der Waals surface area contributed by atoms with Gasteiger partial charge in [-0.1, -0.05) is 25.1 Å². The van der Waals surface area contributed by atoms with Crippen LogP contribution in [0.25, 0.3) is 0 Å². The second-order valence-corrected chi connectivity index (χ2v) is 5.61. The largest absolute Gasteiger partial charge is 0.483 e. The van der Waals surface area contributed by atoms with Gasteiger partial charge in [0.25, 0.3) is 11.8 Å². The average Bonchev–Trinajstić information content (AvgIpc) is 3.02. The van der Waals surface area contributed by atoms with Crippen molar-refractivity contribution in [3.8, 4) is 5.75 Å². The summed E-state index contributed by atoms with van der Waals surface area (Å²) in [6.45, 7) is 6.81. The van der Waals surface area contributed by atoms with Gasteiger partial charge >= 0.3 is 0 Å². The Balaban J connectivity index is 2.03. The van der Waals surface area contributed by atoms with Crippen LogP contribution < -0.4 is 15.4 Å². The van der Waals surface area contributed by atoms with E-state index in [-0.39, 0.29) is 24.1 Å². The first-order chi connectivity index (χ1) is 12.0. The van der Waals surface area contributed by atoms with E-state index < -0.39 is 0 Å². The van der Waals surface area contributed by atoms with E-state index in [9.17, 15) is 9.59 Å². The lowest BCUT2D eigenvalue weighted by molar-refractivity contribution is -0.118. The molecule has 1 aromatic heterocycles. The summed E-state index contributed by atoms with van der Waals surface area (Å²) in [7, 11) is 0. The summed E-state index contributed by atoms with van der Waals surface area (Å²) in [5, 5.41) is 9.69. The maximum Gasteiger partial charge on any atom is 0.273 e. The smallest absolute Gasteiger partial charge is 0.273 e. The molecule has 0 bridgehead atoms. The number of carbonyl (C=O) groups excluding carboxylic acids is 2. The second-order valence-electron chi connectivity index (χ2n) is 5.61. The molecule has 0 aliphatic rings. The number of nitrogens with zero attached hydrogens (tertiary/aromatic N) is 2. The van der Waals surface area contributed by atoms with E-state index in [4.69, 9.17) is 4.74 Å². The summed E-state index contributed by atoms with van der Waals surface area (Å²) in [5.74, 6) is 0.00966. The Morgan fingerprint density at radius 2 is 2.00 bits per heavy atom. The third kappa shape index (κ3) is 5.07. The van der Waals surface area contributed by atoms with Crippen LogP contribution in [-0.2, 0) is 11.3 Å². The summed E-state index contributed by atoms with van der Waals surface area (Å²) < 4.78 is 7.14. The molecule has 2 N–H and O–H groups in total. The molecule has 0 aliphatic carbocycles. The van der Waals surface area contributed by atoms with Gasteiger partial charge in [0.15, 0.2) is 12.3 Å². The monoisotopic (exact) mass is 344 g/mol. The molecule has 2 rings (SSSR count). The van der Waals surface area contributed by atoms with Crippen LogP contribution in [-0.4, -0.2) is 34.7 Å². The summed E-state index contributed by atoms with van der Waals surface area (Å²) in [4.78, 5) is 24.4. The minimum atomic E-state index is -0.344. The Morgan fingerprint density at radius 1 is 1.24 bits per heavy atom. The average molecular weight is 344 g/mol. The molecule has 25 heavy (non-hydrogen) atoms. The Morgan fingerprint density at radius 3 is 2.68 bits per heavy atom. The fraction of sp³-hybridized carbons (Fsp3) is 0.389. The van der Waals surface area contributed by atoms with Gasteiger partial charge < -0.3 is 15.4 Å². The molecule has 0 spiro atoms. The molecule has 1 aromatic carbocycles. The van der Waals surface area contributed by atoms with Crippen molar-refractivity contribution in [1.29, 1.82) is 0 Å². The van der Waals surface area contributed by atoms with Crippen molar-refractivity contribution in [1.82, 2.24) is 15.1 Å². The second kappa shape index (κ2) is 8.86. The van der Waals surface area contributed by atoms with Crippen molar-refractivity contribution in [2.75, 3.05) is 18.5 Å². The number of amides is 2. The van der Waals surface area contributed by atoms with E-state index in [0.717, 1.165) is 12.0 Å². The van der Waals surface area contributed by atoms with Gasteiger partial charge in [0.2, 0.25) is 0 Å². The highest BCUT2D eigenvalue weighted by atomic mass is 16.5. The molecule has 7 nitrogen and oxygen atoms in total. The molecule has 0 aliphatic heterocycles. The quantitative estimate of drug-likeness (QED) is 0.770. The Labute approximate surface area is 147 Å². The van der Waals surface area contributed by atoms with Gasteiger partial charge in [0.05, 0.1) is 5.69 Å². The molecule has 0 fully saturated rings. The molecule has 134 valence electrons. The number of ether oxygens (including phenoxy) is 1. The number of hydrogen-bond acceptors (Lipinski definition) is 4. The first-order valence-corrected chi connectivity index (χ1v) is 8.39. The third-order valence-electron chi connectivity index (χ3n) is 3.56. The SMILES string of the molecule is CCCNC(=O)c1nn(CC)cc1NC(=O)COc1ccccc1C. The van der Waals surface area contributed by atoms with Gasteiger partial charge in [-0.2, -0.15) is 5.10 Å². The topological polar surface area (TPSA) is 85.3 Å². The van der Waals surface area contributed by atoms with Gasteiger partial charge in [0.1, 0.15) is 5.75 Å². The highest BCUT2D eigenvalue weighted by Gasteiger charge is 2.18. The first-order valence-electron chi connectivity index (χ1n) is 8.39. The molecule has 2 amide bonds. The van der Waals surface area contributed by atoms with Crippen molar-refractivity contribution in [3.05, 3.63) is 41.7 Å². The maximum atomic E-state index is 12.2. The number of para-hydroxylation sites is 1. The lowest BCUT2D eigenvalue weighted by atomic mass is 10.2. The van der Waals surface area contributed by atoms with E-state index in [1.54, 1.807) is 16.9 Å². The van der Waals surface area contributed by atoms with Crippen LogP contribution in [0.5, 0.6) is 5.75 Å². The standard InChI is InChI=1S/C18H24N4O3/c1-4-10-19-18(24)17-14(11-22(5-2)21-17)20-16(23)12-25-15-9-7-6-8-13(15)3/h6-9,11H,4-5,10,12H2,1-3H3,(H,19,24)(H,20,23). The highest BCUT2D eigenvalue weighted by molar-refractivity contribution is 6.02. The number of nitrogens with one attached hydrogen (secondary N) is 2. The van der Waals surface area contributed by atoms with Crippen LogP contribution >= 0.6 is 0 Å². The van der Waals surface area contributed by atoms with Gasteiger partial charge in [-0.05, 0) is 31.9 Å². The van der Waals surface area contributed by atoms with Gasteiger partial charge in [0, 0.05) is 19.3 Å². The molecular formula is C18H24N4O3. The fourth-order valence-electron chi connectivity index (χ4n) is 2.21. The molecule has 2 aromatic rings. The van der Waals surface area contributed by atoms with E-state index in [0.29, 0.717) is 24.5 Å². The maximum absolute atomic E-state index is 12.2. The lowest BCUT2D eigenvalue weighted by Gasteiger charge is -2.09. The number of aromatic nitrogens is 2. The molecule has 0 unspecified atom stereocenters. The number of carbonyl (C=O) groups is 2. The van der Waals surface area contributed by atoms with E-state index in [2.05, 4.69) is 15.7 Å². The van der Waals surface area contributed by atoms with Crippen LogP contribution in [0.1, 0.15) is 36.3 Å². The first kappa shape index (κ1) is 18.5. The van der Waals surface area contributed by atoms with Crippen molar-refractivity contribution < 1.29 is 14.3 Å². The predicted octanol–water partition coefficient (Wildman–Crippen LogP) is 2.37. The molecule has 1 heterocycles. The number of aryl methyl sites for hydroxylation is 2. The minimum Gasteiger partial charge on any atom is -0.483 e. The molecule has 7 heteroatoms. The van der Waals surface area contributed by atoms with Crippen LogP contribution in [0.4, 0.5) is 5.69 Å². The summed E-state index contributed by atoms with van der Waals surface area (Å²) in [6.07, 6.45) is 2.47. The molecule has 0 atom stereocenters. The number of hydrogen-bond donors (Lipinski definition) is 2. The van der Waals surface area contributed by atoms with E-state index in [1.165, 1.54) is 0 Å². The Bertz CT molecular complexity index is 740. The number of benzene rings is 1. The van der Waals surface area contributed by atoms with Crippen molar-refractivity contribution in [2.45, 2.75) is 33.7 Å². The molecular weight excluding hydrogens is 320 g/mol. The van der Waals surface area contributed by atoms with E-state index >= 15 is 0 Å². The zero-order valence-corrected chi connectivity index (χ0v) is 14.8. The minimum absolute atomic E-state index is 0.141. The van der Waals surface area contributed by atoms with Crippen LogP contribution in [0.2, 0.25) is 0 Å². The lowest BCUT2D eigenvalue weighted by Crippen LogP contribution is -2.27. The van der Waals surface area contributed by atoms with Crippen LogP contribution in [0.15, 0.2) is 30.5 Å². The van der Waals surface area contributed by atoms with Gasteiger partial charge in [-0.3, -0.25) is 14.3 Å². The Kier molecular flexibility index (Phi) is 6.56. The van der Waals surface area contributed by atoms with Crippen molar-refractivity contribution in [2.24, 2.45) is 0 Å². The van der Waals surface area contributed by atoms with Crippen LogP contribution in [0.3, 0.4) is 0 Å². The Hall–Kier alpha value is -2.83. The summed E-state index contributed by atoms with van der Waals surface area (Å²) in [6, 6.07) is 7.47. The van der Waals surface area contributed by atoms with Gasteiger partial charge in [-0.15, -0.1) is 0 Å². The fourth-order valence-corrected chi connectivity index (χ4v) is 2.21. The highest BCUT2D eigenvalue weighted by Crippen LogP contribution is 2.17. The number of rotatable bonds is 8. The zero-order chi connectivity index (χ0) is 18.2. The normalized spacial score (nSPS) is 10.4. The van der Waals surface area contributed by atoms with Crippen molar-refractivity contribution >= 4 is 17.5 Å². The predicted molar refractivity (Wildman–Crippen MR) is 95.8 cm³/mol. The zero-order valence-electron chi connectivity index (χ0n) is 14.8. The summed E-state index contributed by atoms with van der Waals surface area (Å²) >= 11 is 0. The summed E-state index contributed by atoms with van der Waals surface area (Å²) in [5.41, 5.74) is 1.54. The van der Waals surface area contributed by atoms with Crippen molar-refractivity contribution in [3.63, 3.8) is 0 Å². The molecule has 0 saturated carbocycles. The molecule has 0 saturated heterocycles. The molecule has 0 radical (unpaired) electrons. The third-order valence-corrected chi connectivity index (χ3v) is 3.56. The van der Waals surface area contributed by atoms with E-state index in [1.807, 2.05) is 39.0 Å². The number of anilines is 1. The van der Waals surface area contributed by atoms with Gasteiger partial charge in [-0.25, -0.2) is 0 Å². The van der Waals surface area contributed by atoms with Crippen LogP contribution in [0, 0.1) is 6.92 Å².